The molecule has 0 aliphatic carbocycles. The lowest BCUT2D eigenvalue weighted by atomic mass is 9.87. The molecule has 0 atom stereocenters. The van der Waals surface area contributed by atoms with E-state index in [1.54, 1.807) is 23.6 Å². The van der Waals surface area contributed by atoms with E-state index in [2.05, 4.69) is 6.92 Å². The monoisotopic (exact) mass is 378 g/mol. The topological polar surface area (TPSA) is 49.9 Å². The molecule has 26 heavy (non-hydrogen) atoms. The van der Waals surface area contributed by atoms with Crippen LogP contribution < -0.4 is 4.90 Å². The molecule has 0 bridgehead atoms. The number of hydrogen-bond donors (Lipinski definition) is 0. The summed E-state index contributed by atoms with van der Waals surface area (Å²) in [6.45, 7) is 10.5. The molecular formula is C20H30N2O3S. The standard InChI is InChI=1S/C20H30N2O3S/c1-15(23)22(16-7-9-17(26-6)10-8-16)20(5)11-13-21(14-12-20)18(24)25-19(2,3)4/h7-10H,11-14H2,1-6H3. The highest BCUT2D eigenvalue weighted by Gasteiger charge is 2.40. The second-order valence-electron chi connectivity index (χ2n) is 8.02. The van der Waals surface area contributed by atoms with Crippen LogP contribution >= 0.6 is 11.8 Å². The van der Waals surface area contributed by atoms with Crippen molar-refractivity contribution in [3.05, 3.63) is 24.3 Å². The number of amides is 2. The number of nitrogens with zero attached hydrogens (tertiary/aromatic N) is 2. The fourth-order valence-corrected chi connectivity index (χ4v) is 3.73. The van der Waals surface area contributed by atoms with E-state index in [1.807, 2.05) is 56.2 Å². The quantitative estimate of drug-likeness (QED) is 0.724. The molecule has 1 aliphatic heterocycles. The van der Waals surface area contributed by atoms with E-state index in [4.69, 9.17) is 4.74 Å². The smallest absolute Gasteiger partial charge is 0.410 e. The molecule has 0 aromatic heterocycles. The predicted molar refractivity (Wildman–Crippen MR) is 107 cm³/mol. The van der Waals surface area contributed by atoms with Crippen molar-refractivity contribution in [2.75, 3.05) is 24.2 Å². The minimum Gasteiger partial charge on any atom is -0.444 e. The zero-order valence-corrected chi connectivity index (χ0v) is 17.5. The van der Waals surface area contributed by atoms with Gasteiger partial charge in [0.15, 0.2) is 0 Å². The number of likely N-dealkylation sites (tertiary alicyclic amines) is 1. The third-order valence-electron chi connectivity index (χ3n) is 4.68. The van der Waals surface area contributed by atoms with Crippen LogP contribution in [0.15, 0.2) is 29.2 Å². The van der Waals surface area contributed by atoms with Gasteiger partial charge in [-0.1, -0.05) is 0 Å². The molecule has 0 N–H and O–H groups in total. The third-order valence-corrected chi connectivity index (χ3v) is 5.42. The van der Waals surface area contributed by atoms with Gasteiger partial charge in [0.1, 0.15) is 5.60 Å². The summed E-state index contributed by atoms with van der Waals surface area (Å²) < 4.78 is 5.47. The summed E-state index contributed by atoms with van der Waals surface area (Å²) in [4.78, 5) is 29.5. The van der Waals surface area contributed by atoms with Gasteiger partial charge < -0.3 is 14.5 Å². The van der Waals surface area contributed by atoms with Crippen LogP contribution in [0, 0.1) is 0 Å². The summed E-state index contributed by atoms with van der Waals surface area (Å²) in [7, 11) is 0. The van der Waals surface area contributed by atoms with E-state index in [0.29, 0.717) is 13.1 Å². The van der Waals surface area contributed by atoms with Crippen LogP contribution in [-0.4, -0.2) is 47.4 Å². The minimum absolute atomic E-state index is 0.0233. The molecule has 0 saturated carbocycles. The maximum absolute atomic E-state index is 12.4. The molecule has 1 aromatic rings. The highest BCUT2D eigenvalue weighted by atomic mass is 32.2. The number of piperidine rings is 1. The lowest BCUT2D eigenvalue weighted by Gasteiger charge is -2.46. The summed E-state index contributed by atoms with van der Waals surface area (Å²) in [6.07, 6.45) is 3.19. The van der Waals surface area contributed by atoms with Gasteiger partial charge in [-0.05, 0) is 71.1 Å². The van der Waals surface area contributed by atoms with Gasteiger partial charge >= 0.3 is 6.09 Å². The number of carbonyl (C=O) groups is 2. The molecule has 144 valence electrons. The highest BCUT2D eigenvalue weighted by Crippen LogP contribution is 2.34. The van der Waals surface area contributed by atoms with Crippen LogP contribution in [0.5, 0.6) is 0 Å². The largest absolute Gasteiger partial charge is 0.444 e. The first kappa shape index (κ1) is 20.6. The maximum Gasteiger partial charge on any atom is 0.410 e. The predicted octanol–water partition coefficient (Wildman–Crippen LogP) is 4.55. The van der Waals surface area contributed by atoms with E-state index in [0.717, 1.165) is 18.5 Å². The lowest BCUT2D eigenvalue weighted by molar-refractivity contribution is -0.118. The van der Waals surface area contributed by atoms with Gasteiger partial charge in [-0.15, -0.1) is 11.8 Å². The van der Waals surface area contributed by atoms with Crippen LogP contribution in [-0.2, 0) is 9.53 Å². The molecule has 5 nitrogen and oxygen atoms in total. The number of benzene rings is 1. The normalized spacial score (nSPS) is 16.9. The van der Waals surface area contributed by atoms with E-state index in [1.165, 1.54) is 4.90 Å². The summed E-state index contributed by atoms with van der Waals surface area (Å²) >= 11 is 1.68. The molecule has 0 radical (unpaired) electrons. The number of ether oxygens (including phenoxy) is 1. The van der Waals surface area contributed by atoms with Crippen molar-refractivity contribution in [3.63, 3.8) is 0 Å². The molecule has 0 spiro atoms. The maximum atomic E-state index is 12.4. The van der Waals surface area contributed by atoms with Gasteiger partial charge in [0.25, 0.3) is 0 Å². The highest BCUT2D eigenvalue weighted by molar-refractivity contribution is 7.98. The van der Waals surface area contributed by atoms with Crippen LogP contribution in [0.4, 0.5) is 10.5 Å². The second kappa shape index (κ2) is 7.91. The average molecular weight is 379 g/mol. The number of thioether (sulfide) groups is 1. The Morgan fingerprint density at radius 3 is 2.12 bits per heavy atom. The van der Waals surface area contributed by atoms with Crippen LogP contribution in [0.3, 0.4) is 0 Å². The number of hydrogen-bond acceptors (Lipinski definition) is 4. The van der Waals surface area contributed by atoms with Crippen molar-refractivity contribution >= 4 is 29.4 Å². The van der Waals surface area contributed by atoms with E-state index >= 15 is 0 Å². The van der Waals surface area contributed by atoms with Crippen molar-refractivity contribution in [1.82, 2.24) is 4.90 Å². The molecule has 1 aliphatic rings. The third kappa shape index (κ3) is 4.93. The molecule has 1 aromatic carbocycles. The Hall–Kier alpha value is -1.69. The molecule has 1 heterocycles. The number of anilines is 1. The Kier molecular flexibility index (Phi) is 6.27. The fourth-order valence-electron chi connectivity index (χ4n) is 3.33. The van der Waals surface area contributed by atoms with Gasteiger partial charge in [-0.2, -0.15) is 0 Å². The van der Waals surface area contributed by atoms with E-state index in [-0.39, 0.29) is 17.5 Å². The second-order valence-corrected chi connectivity index (χ2v) is 8.90. The summed E-state index contributed by atoms with van der Waals surface area (Å²) in [5, 5.41) is 0. The zero-order chi connectivity index (χ0) is 19.5. The SMILES string of the molecule is CSc1ccc(N(C(C)=O)C2(C)CCN(C(=O)OC(C)(C)C)CC2)cc1. The lowest BCUT2D eigenvalue weighted by Crippen LogP contribution is -2.56. The summed E-state index contributed by atoms with van der Waals surface area (Å²) in [5.74, 6) is 0.0233. The summed E-state index contributed by atoms with van der Waals surface area (Å²) in [6, 6.07) is 8.07. The van der Waals surface area contributed by atoms with Crippen molar-refractivity contribution < 1.29 is 14.3 Å². The molecule has 2 rings (SSSR count). The average Bonchev–Trinajstić information content (AvgIpc) is 2.54. The van der Waals surface area contributed by atoms with Gasteiger partial charge in [-0.3, -0.25) is 4.79 Å². The van der Waals surface area contributed by atoms with E-state index in [9.17, 15) is 9.59 Å². The Balaban J connectivity index is 2.13. The van der Waals surface area contributed by atoms with Crippen LogP contribution in [0.25, 0.3) is 0 Å². The van der Waals surface area contributed by atoms with Crippen LogP contribution in [0.1, 0.15) is 47.5 Å². The first-order chi connectivity index (χ1) is 12.1. The zero-order valence-electron chi connectivity index (χ0n) is 16.7. The molecular weight excluding hydrogens is 348 g/mol. The van der Waals surface area contributed by atoms with Gasteiger partial charge in [0.2, 0.25) is 5.91 Å². The fraction of sp³-hybridized carbons (Fsp3) is 0.600. The van der Waals surface area contributed by atoms with E-state index < -0.39 is 5.60 Å². The Bertz CT molecular complexity index is 644. The van der Waals surface area contributed by atoms with Gasteiger partial charge in [0.05, 0.1) is 0 Å². The van der Waals surface area contributed by atoms with Crippen molar-refractivity contribution in [1.29, 1.82) is 0 Å². The molecule has 1 saturated heterocycles. The first-order valence-corrected chi connectivity index (χ1v) is 10.2. The van der Waals surface area contributed by atoms with Crippen molar-refractivity contribution in [2.24, 2.45) is 0 Å². The molecule has 1 fully saturated rings. The van der Waals surface area contributed by atoms with Crippen LogP contribution in [0.2, 0.25) is 0 Å². The molecule has 0 unspecified atom stereocenters. The first-order valence-electron chi connectivity index (χ1n) is 8.98. The van der Waals surface area contributed by atoms with Crippen molar-refractivity contribution in [3.8, 4) is 0 Å². The number of rotatable bonds is 3. The number of carbonyl (C=O) groups excluding carboxylic acids is 2. The Morgan fingerprint density at radius 1 is 1.15 bits per heavy atom. The summed E-state index contributed by atoms with van der Waals surface area (Å²) in [5.41, 5.74) is 0.0940. The Labute approximate surface area is 161 Å². The molecule has 2 amide bonds. The minimum atomic E-state index is -0.498. The Morgan fingerprint density at radius 2 is 1.69 bits per heavy atom. The van der Waals surface area contributed by atoms with Gasteiger partial charge in [-0.25, -0.2) is 4.79 Å². The van der Waals surface area contributed by atoms with Gasteiger partial charge in [0, 0.05) is 36.1 Å². The molecule has 6 heteroatoms. The van der Waals surface area contributed by atoms with Crippen molar-refractivity contribution in [2.45, 2.75) is 63.5 Å².